The van der Waals surface area contributed by atoms with Crippen molar-refractivity contribution in [3.63, 3.8) is 0 Å². The second-order valence-corrected chi connectivity index (χ2v) is 10.1. The number of carbonyl (C=O) groups is 2. The Bertz CT molecular complexity index is 849. The SMILES string of the molecule is Cc1ccc(N2C(=O)CN=C2S[C@@H](C)C(=O)N[C@@H]2CCS(=O)(=O)C2)cc1. The van der Waals surface area contributed by atoms with E-state index in [2.05, 4.69) is 10.3 Å². The number of sulfone groups is 1. The van der Waals surface area contributed by atoms with Gasteiger partial charge >= 0.3 is 0 Å². The highest BCUT2D eigenvalue weighted by Crippen LogP contribution is 2.26. The topological polar surface area (TPSA) is 95.9 Å². The van der Waals surface area contributed by atoms with E-state index in [1.807, 2.05) is 31.2 Å². The highest BCUT2D eigenvalue weighted by Gasteiger charge is 2.33. The van der Waals surface area contributed by atoms with Crippen LogP contribution in [0.25, 0.3) is 0 Å². The molecule has 1 fully saturated rings. The van der Waals surface area contributed by atoms with E-state index in [-0.39, 0.29) is 35.9 Å². The summed E-state index contributed by atoms with van der Waals surface area (Å²) < 4.78 is 23.0. The Morgan fingerprint density at radius 1 is 1.35 bits per heavy atom. The number of nitrogens with one attached hydrogen (secondary N) is 1. The first-order chi connectivity index (χ1) is 12.2. The third kappa shape index (κ3) is 4.27. The second kappa shape index (κ2) is 7.40. The summed E-state index contributed by atoms with van der Waals surface area (Å²) in [6.07, 6.45) is 0.445. The lowest BCUT2D eigenvalue weighted by molar-refractivity contribution is -0.121. The van der Waals surface area contributed by atoms with Crippen LogP contribution in [0.15, 0.2) is 29.3 Å². The van der Waals surface area contributed by atoms with Crippen LogP contribution in [0.1, 0.15) is 18.9 Å². The number of amides is 2. The molecule has 2 aliphatic rings. The van der Waals surface area contributed by atoms with Gasteiger partial charge in [0.25, 0.3) is 5.91 Å². The first-order valence-electron chi connectivity index (χ1n) is 8.37. The van der Waals surface area contributed by atoms with Gasteiger partial charge < -0.3 is 5.32 Å². The number of hydrogen-bond acceptors (Lipinski definition) is 6. The van der Waals surface area contributed by atoms with Crippen molar-refractivity contribution in [1.29, 1.82) is 0 Å². The number of thioether (sulfide) groups is 1. The van der Waals surface area contributed by atoms with Crippen LogP contribution in [0.4, 0.5) is 5.69 Å². The number of aliphatic imine (C=N–C) groups is 1. The molecule has 0 saturated carbocycles. The lowest BCUT2D eigenvalue weighted by atomic mass is 10.2. The summed E-state index contributed by atoms with van der Waals surface area (Å²) in [6, 6.07) is 7.20. The van der Waals surface area contributed by atoms with Gasteiger partial charge in [0.05, 0.1) is 22.4 Å². The quantitative estimate of drug-likeness (QED) is 0.824. The molecule has 2 amide bonds. The third-order valence-electron chi connectivity index (χ3n) is 4.31. The minimum atomic E-state index is -3.04. The number of rotatable bonds is 4. The van der Waals surface area contributed by atoms with E-state index >= 15 is 0 Å². The van der Waals surface area contributed by atoms with E-state index < -0.39 is 15.1 Å². The molecular formula is C17H21N3O4S2. The number of amidine groups is 1. The highest BCUT2D eigenvalue weighted by molar-refractivity contribution is 8.15. The summed E-state index contributed by atoms with van der Waals surface area (Å²) >= 11 is 1.20. The zero-order chi connectivity index (χ0) is 18.9. The van der Waals surface area contributed by atoms with Crippen molar-refractivity contribution < 1.29 is 18.0 Å². The average Bonchev–Trinajstić information content (AvgIpc) is 3.10. The van der Waals surface area contributed by atoms with Gasteiger partial charge in [-0.1, -0.05) is 29.5 Å². The molecule has 3 rings (SSSR count). The predicted octanol–water partition coefficient (Wildman–Crippen LogP) is 1.12. The zero-order valence-electron chi connectivity index (χ0n) is 14.6. The maximum atomic E-state index is 12.4. The molecule has 7 nitrogen and oxygen atoms in total. The van der Waals surface area contributed by atoms with Crippen LogP contribution in [0.5, 0.6) is 0 Å². The van der Waals surface area contributed by atoms with Gasteiger partial charge in [0.2, 0.25) is 5.91 Å². The van der Waals surface area contributed by atoms with Crippen molar-refractivity contribution >= 4 is 44.3 Å². The molecule has 0 radical (unpaired) electrons. The first-order valence-corrected chi connectivity index (χ1v) is 11.1. The Hall–Kier alpha value is -1.87. The van der Waals surface area contributed by atoms with Crippen molar-refractivity contribution in [2.45, 2.75) is 31.6 Å². The number of aryl methyl sites for hydroxylation is 1. The molecule has 0 aromatic heterocycles. The molecule has 1 N–H and O–H groups in total. The molecule has 1 aromatic carbocycles. The van der Waals surface area contributed by atoms with Gasteiger partial charge in [0.1, 0.15) is 6.54 Å². The van der Waals surface area contributed by atoms with Crippen LogP contribution in [-0.2, 0) is 19.4 Å². The van der Waals surface area contributed by atoms with Crippen LogP contribution in [0.3, 0.4) is 0 Å². The van der Waals surface area contributed by atoms with Crippen LogP contribution in [0.2, 0.25) is 0 Å². The largest absolute Gasteiger partial charge is 0.351 e. The van der Waals surface area contributed by atoms with Gasteiger partial charge in [-0.2, -0.15) is 0 Å². The molecule has 140 valence electrons. The number of carbonyl (C=O) groups excluding carboxylic acids is 2. The van der Waals surface area contributed by atoms with E-state index in [0.29, 0.717) is 11.6 Å². The molecule has 0 bridgehead atoms. The molecule has 2 atom stereocenters. The molecule has 0 unspecified atom stereocenters. The molecular weight excluding hydrogens is 374 g/mol. The Kier molecular flexibility index (Phi) is 5.38. The van der Waals surface area contributed by atoms with Crippen LogP contribution in [0, 0.1) is 6.92 Å². The smallest absolute Gasteiger partial charge is 0.254 e. The number of nitrogens with zero attached hydrogens (tertiary/aromatic N) is 2. The fourth-order valence-electron chi connectivity index (χ4n) is 2.86. The monoisotopic (exact) mass is 395 g/mol. The Labute approximate surface area is 157 Å². The normalized spacial score (nSPS) is 23.0. The zero-order valence-corrected chi connectivity index (χ0v) is 16.3. The van der Waals surface area contributed by atoms with Crippen molar-refractivity contribution in [2.75, 3.05) is 23.0 Å². The Morgan fingerprint density at radius 2 is 2.04 bits per heavy atom. The standard InChI is InChI=1S/C17H21N3O4S2/c1-11-3-5-14(6-4-11)20-15(21)9-18-17(20)25-12(2)16(22)19-13-7-8-26(23,24)10-13/h3-6,12-13H,7-10H2,1-2H3,(H,19,22)/t12-,13+/m0/s1. The van der Waals surface area contributed by atoms with Gasteiger partial charge in [0.15, 0.2) is 15.0 Å². The maximum Gasteiger partial charge on any atom is 0.254 e. The van der Waals surface area contributed by atoms with E-state index in [9.17, 15) is 18.0 Å². The Balaban J connectivity index is 1.64. The number of anilines is 1. The molecule has 1 aromatic rings. The summed E-state index contributed by atoms with van der Waals surface area (Å²) in [4.78, 5) is 30.4. The third-order valence-corrected chi connectivity index (χ3v) is 7.17. The van der Waals surface area contributed by atoms with Crippen molar-refractivity contribution in [3.8, 4) is 0 Å². The minimum Gasteiger partial charge on any atom is -0.351 e. The molecule has 26 heavy (non-hydrogen) atoms. The van der Waals surface area contributed by atoms with Gasteiger partial charge in [0, 0.05) is 6.04 Å². The van der Waals surface area contributed by atoms with Crippen molar-refractivity contribution in [3.05, 3.63) is 29.8 Å². The van der Waals surface area contributed by atoms with E-state index in [1.165, 1.54) is 16.7 Å². The predicted molar refractivity (Wildman–Crippen MR) is 103 cm³/mol. The summed E-state index contributed by atoms with van der Waals surface area (Å²) in [5, 5.41) is 2.78. The van der Waals surface area contributed by atoms with Crippen molar-refractivity contribution in [1.82, 2.24) is 5.32 Å². The fourth-order valence-corrected chi connectivity index (χ4v) is 5.48. The molecule has 2 aliphatic heterocycles. The van der Waals surface area contributed by atoms with E-state index in [1.54, 1.807) is 6.92 Å². The number of hydrogen-bond donors (Lipinski definition) is 1. The molecule has 2 heterocycles. The molecule has 0 spiro atoms. The van der Waals surface area contributed by atoms with Crippen LogP contribution in [-0.4, -0.2) is 54.7 Å². The maximum absolute atomic E-state index is 12.4. The van der Waals surface area contributed by atoms with Crippen molar-refractivity contribution in [2.24, 2.45) is 4.99 Å². The highest BCUT2D eigenvalue weighted by atomic mass is 32.2. The number of benzene rings is 1. The van der Waals surface area contributed by atoms with Gasteiger partial charge in [-0.25, -0.2) is 8.42 Å². The Morgan fingerprint density at radius 3 is 2.65 bits per heavy atom. The van der Waals surface area contributed by atoms with E-state index in [4.69, 9.17) is 0 Å². The summed E-state index contributed by atoms with van der Waals surface area (Å²) in [5.41, 5.74) is 1.81. The second-order valence-electron chi connectivity index (χ2n) is 6.53. The van der Waals surface area contributed by atoms with E-state index in [0.717, 1.165) is 11.3 Å². The first kappa shape index (κ1) is 18.9. The summed E-state index contributed by atoms with van der Waals surface area (Å²) in [7, 11) is -3.04. The molecule has 9 heteroatoms. The molecule has 0 aliphatic carbocycles. The lowest BCUT2D eigenvalue weighted by Crippen LogP contribution is -2.41. The van der Waals surface area contributed by atoms with Gasteiger partial charge in [-0.05, 0) is 32.4 Å². The van der Waals surface area contributed by atoms with Crippen LogP contribution >= 0.6 is 11.8 Å². The average molecular weight is 396 g/mol. The lowest BCUT2D eigenvalue weighted by Gasteiger charge is -2.21. The van der Waals surface area contributed by atoms with Gasteiger partial charge in [-0.3, -0.25) is 19.5 Å². The minimum absolute atomic E-state index is 0.00888. The molecule has 1 saturated heterocycles. The van der Waals surface area contributed by atoms with Crippen LogP contribution < -0.4 is 10.2 Å². The fraction of sp³-hybridized carbons (Fsp3) is 0.471. The van der Waals surface area contributed by atoms with Gasteiger partial charge in [-0.15, -0.1) is 0 Å². The summed E-state index contributed by atoms with van der Waals surface area (Å²) in [6.45, 7) is 3.75. The summed E-state index contributed by atoms with van der Waals surface area (Å²) in [5.74, 6) is -0.277.